The second-order valence-electron chi connectivity index (χ2n) is 5.18. The first-order valence-electron chi connectivity index (χ1n) is 7.06. The summed E-state index contributed by atoms with van der Waals surface area (Å²) >= 11 is 0. The Kier molecular flexibility index (Phi) is 3.33. The summed E-state index contributed by atoms with van der Waals surface area (Å²) in [4.78, 5) is 4.76. The molecule has 3 rings (SSSR count). The van der Waals surface area contributed by atoms with E-state index in [2.05, 4.69) is 41.1 Å². The number of rotatable bonds is 5. The number of benzene rings is 1. The highest BCUT2D eigenvalue weighted by molar-refractivity contribution is 5.75. The van der Waals surface area contributed by atoms with Crippen LogP contribution in [0.4, 0.5) is 0 Å². The Balaban J connectivity index is 1.85. The van der Waals surface area contributed by atoms with E-state index in [9.17, 15) is 0 Å². The zero-order chi connectivity index (χ0) is 12.4. The quantitative estimate of drug-likeness (QED) is 0.874. The molecule has 2 aromatic rings. The van der Waals surface area contributed by atoms with Crippen LogP contribution in [-0.2, 0) is 13.1 Å². The fourth-order valence-corrected chi connectivity index (χ4v) is 2.58. The van der Waals surface area contributed by atoms with Crippen molar-refractivity contribution in [3.63, 3.8) is 0 Å². The van der Waals surface area contributed by atoms with Crippen molar-refractivity contribution >= 4 is 11.0 Å². The minimum Gasteiger partial charge on any atom is -0.327 e. The lowest BCUT2D eigenvalue weighted by molar-refractivity contribution is 0.333. The summed E-state index contributed by atoms with van der Waals surface area (Å²) < 4.78 is 2.36. The largest absolute Gasteiger partial charge is 0.327 e. The van der Waals surface area contributed by atoms with Crippen LogP contribution >= 0.6 is 0 Å². The molecule has 1 fully saturated rings. The van der Waals surface area contributed by atoms with Gasteiger partial charge in [-0.25, -0.2) is 4.98 Å². The first-order chi connectivity index (χ1) is 8.88. The Labute approximate surface area is 108 Å². The Hall–Kier alpha value is -1.35. The van der Waals surface area contributed by atoms with Gasteiger partial charge >= 0.3 is 0 Å². The van der Waals surface area contributed by atoms with Gasteiger partial charge < -0.3 is 9.88 Å². The summed E-state index contributed by atoms with van der Waals surface area (Å²) in [7, 11) is 0. The lowest BCUT2D eigenvalue weighted by Gasteiger charge is -2.26. The lowest BCUT2D eigenvalue weighted by Crippen LogP contribution is -2.35. The van der Waals surface area contributed by atoms with E-state index < -0.39 is 0 Å². The number of imidazole rings is 1. The van der Waals surface area contributed by atoms with E-state index >= 15 is 0 Å². The van der Waals surface area contributed by atoms with Crippen molar-refractivity contribution in [2.75, 3.05) is 0 Å². The number of nitrogens with zero attached hydrogens (tertiary/aromatic N) is 2. The molecule has 0 amide bonds. The molecule has 0 unspecified atom stereocenters. The van der Waals surface area contributed by atoms with E-state index in [1.807, 2.05) is 0 Å². The molecule has 3 nitrogen and oxygen atoms in total. The van der Waals surface area contributed by atoms with Gasteiger partial charge in [0.05, 0.1) is 17.6 Å². The van der Waals surface area contributed by atoms with Gasteiger partial charge in [0.2, 0.25) is 0 Å². The molecular formula is C15H21N3. The maximum atomic E-state index is 4.76. The average Bonchev–Trinajstić information content (AvgIpc) is 2.67. The smallest absolute Gasteiger partial charge is 0.123 e. The average molecular weight is 243 g/mol. The second kappa shape index (κ2) is 5.11. The van der Waals surface area contributed by atoms with Crippen LogP contribution < -0.4 is 5.32 Å². The topological polar surface area (TPSA) is 29.9 Å². The highest BCUT2D eigenvalue weighted by Gasteiger charge is 2.17. The standard InChI is InChI=1S/C15H21N3/c1-2-10-18-14-9-4-3-8-13(14)17-15(18)11-16-12-6-5-7-12/h3-4,8-9,12,16H,2,5-7,10-11H2,1H3. The molecule has 3 heteroatoms. The molecule has 1 saturated carbocycles. The third kappa shape index (κ3) is 2.15. The van der Waals surface area contributed by atoms with Gasteiger partial charge in [0.1, 0.15) is 5.82 Å². The summed E-state index contributed by atoms with van der Waals surface area (Å²) in [5.74, 6) is 1.19. The summed E-state index contributed by atoms with van der Waals surface area (Å²) in [6, 6.07) is 9.16. The van der Waals surface area contributed by atoms with Gasteiger partial charge in [0.15, 0.2) is 0 Å². The number of hydrogen-bond acceptors (Lipinski definition) is 2. The third-order valence-corrected chi connectivity index (χ3v) is 3.83. The van der Waals surface area contributed by atoms with E-state index in [1.165, 1.54) is 30.6 Å². The SMILES string of the molecule is CCCn1c(CNC2CCC2)nc2ccccc21. The van der Waals surface area contributed by atoms with E-state index in [-0.39, 0.29) is 0 Å². The lowest BCUT2D eigenvalue weighted by atomic mass is 9.93. The number of hydrogen-bond donors (Lipinski definition) is 1. The van der Waals surface area contributed by atoms with Crippen LogP contribution in [0.15, 0.2) is 24.3 Å². The second-order valence-corrected chi connectivity index (χ2v) is 5.18. The van der Waals surface area contributed by atoms with E-state index in [1.54, 1.807) is 0 Å². The summed E-state index contributed by atoms with van der Waals surface area (Å²) in [6.07, 6.45) is 5.18. The fourth-order valence-electron chi connectivity index (χ4n) is 2.58. The summed E-state index contributed by atoms with van der Waals surface area (Å²) in [5, 5.41) is 3.61. The van der Waals surface area contributed by atoms with Crippen LogP contribution in [0.1, 0.15) is 38.4 Å². The number of aromatic nitrogens is 2. The molecule has 1 aromatic heterocycles. The summed E-state index contributed by atoms with van der Waals surface area (Å²) in [6.45, 7) is 4.18. The maximum Gasteiger partial charge on any atom is 0.123 e. The van der Waals surface area contributed by atoms with Crippen LogP contribution in [0.25, 0.3) is 11.0 Å². The molecule has 1 aliphatic carbocycles. The Morgan fingerprint density at radius 1 is 1.33 bits per heavy atom. The van der Waals surface area contributed by atoms with Crippen LogP contribution in [-0.4, -0.2) is 15.6 Å². The van der Waals surface area contributed by atoms with Crippen molar-refractivity contribution < 1.29 is 0 Å². The van der Waals surface area contributed by atoms with Crippen molar-refractivity contribution in [3.05, 3.63) is 30.1 Å². The van der Waals surface area contributed by atoms with Crippen molar-refractivity contribution in [2.24, 2.45) is 0 Å². The number of fused-ring (bicyclic) bond motifs is 1. The van der Waals surface area contributed by atoms with Gasteiger partial charge in [-0.1, -0.05) is 25.5 Å². The fraction of sp³-hybridized carbons (Fsp3) is 0.533. The molecule has 0 spiro atoms. The van der Waals surface area contributed by atoms with E-state index in [0.717, 1.165) is 31.1 Å². The van der Waals surface area contributed by atoms with Crippen LogP contribution in [0.3, 0.4) is 0 Å². The zero-order valence-corrected chi connectivity index (χ0v) is 11.0. The number of nitrogens with one attached hydrogen (secondary N) is 1. The van der Waals surface area contributed by atoms with Gasteiger partial charge in [-0.05, 0) is 31.4 Å². The monoisotopic (exact) mass is 243 g/mol. The first-order valence-corrected chi connectivity index (χ1v) is 7.06. The predicted molar refractivity (Wildman–Crippen MR) is 74.5 cm³/mol. The molecule has 0 bridgehead atoms. The molecular weight excluding hydrogens is 222 g/mol. The first kappa shape index (κ1) is 11.7. The predicted octanol–water partition coefficient (Wildman–Crippen LogP) is 3.09. The Morgan fingerprint density at radius 3 is 2.89 bits per heavy atom. The maximum absolute atomic E-state index is 4.76. The zero-order valence-electron chi connectivity index (χ0n) is 11.0. The Bertz CT molecular complexity index is 526. The van der Waals surface area contributed by atoms with Gasteiger partial charge in [-0.2, -0.15) is 0 Å². The molecule has 18 heavy (non-hydrogen) atoms. The van der Waals surface area contributed by atoms with Gasteiger partial charge in [-0.15, -0.1) is 0 Å². The van der Waals surface area contributed by atoms with Crippen LogP contribution in [0.2, 0.25) is 0 Å². The molecule has 1 aromatic carbocycles. The minimum absolute atomic E-state index is 0.722. The van der Waals surface area contributed by atoms with Crippen LogP contribution in [0, 0.1) is 0 Å². The molecule has 1 heterocycles. The normalized spacial score (nSPS) is 16.1. The molecule has 0 atom stereocenters. The Morgan fingerprint density at radius 2 is 2.17 bits per heavy atom. The van der Waals surface area contributed by atoms with Gasteiger partial charge in [-0.3, -0.25) is 0 Å². The third-order valence-electron chi connectivity index (χ3n) is 3.83. The van der Waals surface area contributed by atoms with Crippen molar-refractivity contribution in [2.45, 2.75) is 51.7 Å². The van der Waals surface area contributed by atoms with E-state index in [0.29, 0.717) is 0 Å². The summed E-state index contributed by atoms with van der Waals surface area (Å²) in [5.41, 5.74) is 2.39. The van der Waals surface area contributed by atoms with Gasteiger partial charge in [0, 0.05) is 12.6 Å². The molecule has 1 N–H and O–H groups in total. The van der Waals surface area contributed by atoms with Crippen molar-refractivity contribution in [1.29, 1.82) is 0 Å². The highest BCUT2D eigenvalue weighted by atomic mass is 15.1. The molecule has 1 aliphatic rings. The highest BCUT2D eigenvalue weighted by Crippen LogP contribution is 2.20. The molecule has 96 valence electrons. The van der Waals surface area contributed by atoms with Crippen molar-refractivity contribution in [1.82, 2.24) is 14.9 Å². The molecule has 0 aliphatic heterocycles. The number of aryl methyl sites for hydroxylation is 1. The van der Waals surface area contributed by atoms with Crippen molar-refractivity contribution in [3.8, 4) is 0 Å². The van der Waals surface area contributed by atoms with Crippen LogP contribution in [0.5, 0.6) is 0 Å². The molecule has 0 radical (unpaired) electrons. The molecule has 0 saturated heterocycles. The number of para-hydroxylation sites is 2. The van der Waals surface area contributed by atoms with E-state index in [4.69, 9.17) is 4.98 Å². The van der Waals surface area contributed by atoms with Gasteiger partial charge in [0.25, 0.3) is 0 Å². The minimum atomic E-state index is 0.722.